The largest absolute Gasteiger partial charge is 0.341 e. The molecule has 1 N–H and O–H groups in total. The Morgan fingerprint density at radius 3 is 2.44 bits per heavy atom. The fourth-order valence-electron chi connectivity index (χ4n) is 2.41. The van der Waals surface area contributed by atoms with Gasteiger partial charge in [-0.1, -0.05) is 0 Å². The molecule has 18 heavy (non-hydrogen) atoms. The quantitative estimate of drug-likeness (QED) is 0.837. The third-order valence-electron chi connectivity index (χ3n) is 3.78. The van der Waals surface area contributed by atoms with Crippen molar-refractivity contribution in [2.75, 3.05) is 24.5 Å². The number of hydrogen-bond acceptors (Lipinski definition) is 4. The molecule has 3 rings (SSSR count). The van der Waals surface area contributed by atoms with Crippen LogP contribution in [0.15, 0.2) is 12.4 Å². The Morgan fingerprint density at radius 1 is 1.17 bits per heavy atom. The number of hydrogen-bond donors (Lipinski definition) is 1. The zero-order chi connectivity index (χ0) is 12.4. The minimum Gasteiger partial charge on any atom is -0.341 e. The summed E-state index contributed by atoms with van der Waals surface area (Å²) in [4.78, 5) is 11.1. The van der Waals surface area contributed by atoms with E-state index < -0.39 is 0 Å². The molecule has 98 valence electrons. The molecule has 0 atom stereocenters. The van der Waals surface area contributed by atoms with E-state index in [0.29, 0.717) is 6.04 Å². The van der Waals surface area contributed by atoms with E-state index in [1.807, 2.05) is 12.4 Å². The first kappa shape index (κ1) is 12.6. The van der Waals surface area contributed by atoms with Crippen molar-refractivity contribution in [2.45, 2.75) is 31.7 Å². The summed E-state index contributed by atoms with van der Waals surface area (Å²) >= 11 is 2.24. The molecular formula is C13H19IN4. The van der Waals surface area contributed by atoms with E-state index in [0.717, 1.165) is 28.5 Å². The highest BCUT2D eigenvalue weighted by Gasteiger charge is 2.24. The molecule has 0 aromatic carbocycles. The maximum atomic E-state index is 4.40. The first-order valence-electron chi connectivity index (χ1n) is 6.77. The summed E-state index contributed by atoms with van der Waals surface area (Å²) in [6, 6.07) is 0.700. The molecule has 2 heterocycles. The summed E-state index contributed by atoms with van der Waals surface area (Å²) < 4.78 is 1.09. The van der Waals surface area contributed by atoms with Crippen LogP contribution in [0, 0.1) is 9.49 Å². The number of piperidine rings is 1. The third-order valence-corrected chi connectivity index (χ3v) is 4.33. The fourth-order valence-corrected chi connectivity index (χ4v) is 2.69. The van der Waals surface area contributed by atoms with Crippen LogP contribution in [0.2, 0.25) is 0 Å². The van der Waals surface area contributed by atoms with Gasteiger partial charge in [-0.2, -0.15) is 0 Å². The lowest BCUT2D eigenvalue weighted by Gasteiger charge is -2.32. The highest BCUT2D eigenvalue weighted by molar-refractivity contribution is 14.1. The Morgan fingerprint density at radius 2 is 1.83 bits per heavy atom. The Bertz CT molecular complexity index is 382. The van der Waals surface area contributed by atoms with Gasteiger partial charge in [0.15, 0.2) is 0 Å². The average Bonchev–Trinajstić information content (AvgIpc) is 3.22. The Hall–Kier alpha value is -0.430. The molecule has 1 saturated carbocycles. The maximum Gasteiger partial charge on any atom is 0.225 e. The molecule has 1 aromatic heterocycles. The van der Waals surface area contributed by atoms with Crippen molar-refractivity contribution in [1.29, 1.82) is 0 Å². The van der Waals surface area contributed by atoms with Crippen molar-refractivity contribution >= 4 is 28.5 Å². The van der Waals surface area contributed by atoms with E-state index in [1.54, 1.807) is 0 Å². The summed E-state index contributed by atoms with van der Waals surface area (Å²) in [6.45, 7) is 3.37. The summed E-state index contributed by atoms with van der Waals surface area (Å²) in [7, 11) is 0. The lowest BCUT2D eigenvalue weighted by atomic mass is 10.1. The molecule has 1 aliphatic carbocycles. The molecule has 4 nitrogen and oxygen atoms in total. The zero-order valence-corrected chi connectivity index (χ0v) is 12.6. The molecule has 0 amide bonds. The van der Waals surface area contributed by atoms with E-state index in [4.69, 9.17) is 0 Å². The monoisotopic (exact) mass is 358 g/mol. The number of anilines is 1. The van der Waals surface area contributed by atoms with Gasteiger partial charge in [-0.25, -0.2) is 9.97 Å². The fraction of sp³-hybridized carbons (Fsp3) is 0.692. The minimum absolute atomic E-state index is 0.700. The van der Waals surface area contributed by atoms with Crippen molar-refractivity contribution in [2.24, 2.45) is 5.92 Å². The first-order chi connectivity index (χ1) is 8.81. The summed E-state index contributed by atoms with van der Waals surface area (Å²) in [5, 5.41) is 3.70. The van der Waals surface area contributed by atoms with Gasteiger partial charge in [0.2, 0.25) is 5.95 Å². The van der Waals surface area contributed by atoms with Crippen molar-refractivity contribution in [3.05, 3.63) is 16.0 Å². The molecule has 5 heteroatoms. The molecule has 0 radical (unpaired) electrons. The molecule has 0 spiro atoms. The molecule has 2 aliphatic rings. The normalized spacial score (nSPS) is 21.3. The van der Waals surface area contributed by atoms with Crippen LogP contribution in [0.25, 0.3) is 0 Å². The Labute approximate surface area is 122 Å². The van der Waals surface area contributed by atoms with Crippen LogP contribution in [-0.2, 0) is 0 Å². The minimum atomic E-state index is 0.700. The number of halogens is 1. The number of rotatable bonds is 4. The van der Waals surface area contributed by atoms with Crippen molar-refractivity contribution in [1.82, 2.24) is 15.3 Å². The standard InChI is InChI=1S/C13H19IN4/c14-11-8-16-13(17-9-11)18-5-3-12(4-6-18)15-7-10-1-2-10/h8-10,12,15H,1-7H2. The van der Waals surface area contributed by atoms with Gasteiger partial charge in [0.1, 0.15) is 0 Å². The third kappa shape index (κ3) is 3.32. The van der Waals surface area contributed by atoms with Gasteiger partial charge in [0, 0.05) is 35.1 Å². The molecule has 2 fully saturated rings. The molecule has 1 aliphatic heterocycles. The number of nitrogens with zero attached hydrogens (tertiary/aromatic N) is 3. The lowest BCUT2D eigenvalue weighted by Crippen LogP contribution is -2.43. The molecular weight excluding hydrogens is 339 g/mol. The SMILES string of the molecule is Ic1cnc(N2CCC(NCC3CC3)CC2)nc1. The van der Waals surface area contributed by atoms with Gasteiger partial charge >= 0.3 is 0 Å². The van der Waals surface area contributed by atoms with Gasteiger partial charge in [-0.3, -0.25) is 0 Å². The van der Waals surface area contributed by atoms with Crippen molar-refractivity contribution < 1.29 is 0 Å². The predicted octanol–water partition coefficient (Wildman–Crippen LogP) is 2.05. The van der Waals surface area contributed by atoms with Gasteiger partial charge in [-0.05, 0) is 60.7 Å². The summed E-state index contributed by atoms with van der Waals surface area (Å²) in [6.07, 6.45) is 9.06. The second-order valence-corrected chi connectivity index (χ2v) is 6.56. The lowest BCUT2D eigenvalue weighted by molar-refractivity contribution is 0.406. The first-order valence-corrected chi connectivity index (χ1v) is 7.85. The molecule has 0 bridgehead atoms. The van der Waals surface area contributed by atoms with E-state index in [2.05, 4.69) is 42.8 Å². The van der Waals surface area contributed by atoms with Crippen LogP contribution < -0.4 is 10.2 Å². The van der Waals surface area contributed by atoms with Gasteiger partial charge in [-0.15, -0.1) is 0 Å². The van der Waals surface area contributed by atoms with E-state index in [9.17, 15) is 0 Å². The highest BCUT2D eigenvalue weighted by Crippen LogP contribution is 2.28. The molecule has 0 unspecified atom stereocenters. The Kier molecular flexibility index (Phi) is 3.98. The van der Waals surface area contributed by atoms with Crippen LogP contribution in [0.3, 0.4) is 0 Å². The van der Waals surface area contributed by atoms with Crippen molar-refractivity contribution in [3.8, 4) is 0 Å². The number of aromatic nitrogens is 2. The molecule has 1 saturated heterocycles. The van der Waals surface area contributed by atoms with Crippen LogP contribution >= 0.6 is 22.6 Å². The zero-order valence-electron chi connectivity index (χ0n) is 10.5. The van der Waals surface area contributed by atoms with Crippen LogP contribution in [0.4, 0.5) is 5.95 Å². The van der Waals surface area contributed by atoms with Gasteiger partial charge in [0.25, 0.3) is 0 Å². The van der Waals surface area contributed by atoms with Gasteiger partial charge in [0.05, 0.1) is 0 Å². The average molecular weight is 358 g/mol. The topological polar surface area (TPSA) is 41.1 Å². The van der Waals surface area contributed by atoms with Crippen LogP contribution in [0.1, 0.15) is 25.7 Å². The summed E-state index contributed by atoms with van der Waals surface area (Å²) in [5.74, 6) is 1.86. The highest BCUT2D eigenvalue weighted by atomic mass is 127. The van der Waals surface area contributed by atoms with Crippen LogP contribution in [0.5, 0.6) is 0 Å². The second-order valence-electron chi connectivity index (χ2n) is 5.31. The van der Waals surface area contributed by atoms with E-state index in [1.165, 1.54) is 32.2 Å². The van der Waals surface area contributed by atoms with Crippen LogP contribution in [-0.4, -0.2) is 35.6 Å². The predicted molar refractivity (Wildman–Crippen MR) is 80.7 cm³/mol. The Balaban J connectivity index is 1.48. The maximum absolute atomic E-state index is 4.40. The van der Waals surface area contributed by atoms with E-state index >= 15 is 0 Å². The summed E-state index contributed by atoms with van der Waals surface area (Å²) in [5.41, 5.74) is 0. The molecule has 1 aromatic rings. The smallest absolute Gasteiger partial charge is 0.225 e. The van der Waals surface area contributed by atoms with Gasteiger partial charge < -0.3 is 10.2 Å². The number of nitrogens with one attached hydrogen (secondary N) is 1. The second kappa shape index (κ2) is 5.69. The van der Waals surface area contributed by atoms with E-state index in [-0.39, 0.29) is 0 Å². The van der Waals surface area contributed by atoms with Crippen molar-refractivity contribution in [3.63, 3.8) is 0 Å².